The van der Waals surface area contributed by atoms with Gasteiger partial charge in [-0.1, -0.05) is 37.3 Å². The van der Waals surface area contributed by atoms with E-state index in [1.54, 1.807) is 19.1 Å². The number of anilines is 1. The Morgan fingerprint density at radius 2 is 1.65 bits per heavy atom. The minimum Gasteiger partial charge on any atom is -0.478 e. The molecule has 1 unspecified atom stereocenters. The Morgan fingerprint density at radius 3 is 2.27 bits per heavy atom. The van der Waals surface area contributed by atoms with Crippen LogP contribution in [-0.4, -0.2) is 60.8 Å². The van der Waals surface area contributed by atoms with Crippen molar-refractivity contribution in [3.8, 4) is 0 Å². The smallest absolute Gasteiger partial charge is 0.335 e. The number of carbonyl (C=O) groups excluding carboxylic acids is 1. The lowest BCUT2D eigenvalue weighted by Crippen LogP contribution is -2.54. The number of benzene rings is 2. The molecule has 0 bridgehead atoms. The van der Waals surface area contributed by atoms with Crippen molar-refractivity contribution >= 4 is 17.6 Å². The summed E-state index contributed by atoms with van der Waals surface area (Å²) >= 11 is 0. The average molecular weight is 505 g/mol. The van der Waals surface area contributed by atoms with Gasteiger partial charge in [0.15, 0.2) is 0 Å². The summed E-state index contributed by atoms with van der Waals surface area (Å²) in [5.41, 5.74) is 2.83. The number of carboxylic acids is 1. The van der Waals surface area contributed by atoms with Gasteiger partial charge in [-0.3, -0.25) is 4.79 Å². The van der Waals surface area contributed by atoms with E-state index in [0.717, 1.165) is 57.7 Å². The van der Waals surface area contributed by atoms with Crippen LogP contribution in [0.4, 0.5) is 5.69 Å². The predicted molar refractivity (Wildman–Crippen MR) is 145 cm³/mol. The standard InChI is InChI=1S/C31H40N2O4/c1-22(34)37-29-10-6-9-28(29)31(2,25-7-4-3-5-8-25)26-15-17-32(18-16-26)19-23-20-33(21-23)27-13-11-24(12-14-27)30(35)36/h3-5,7-8,11-14,23,26,28-29H,6,9-10,15-21H2,1-2H3,(H,35,36)/t28-,29-,31?/m1/s1. The van der Waals surface area contributed by atoms with E-state index < -0.39 is 5.97 Å². The molecule has 3 aliphatic rings. The minimum atomic E-state index is -0.880. The molecule has 37 heavy (non-hydrogen) atoms. The highest BCUT2D eigenvalue weighted by Gasteiger charge is 2.49. The first-order valence-corrected chi connectivity index (χ1v) is 13.9. The first-order chi connectivity index (χ1) is 17.8. The number of hydrogen-bond donors (Lipinski definition) is 1. The summed E-state index contributed by atoms with van der Waals surface area (Å²) in [5, 5.41) is 9.11. The Morgan fingerprint density at radius 1 is 0.973 bits per heavy atom. The van der Waals surface area contributed by atoms with Gasteiger partial charge < -0.3 is 19.6 Å². The number of rotatable bonds is 8. The number of carboxylic acid groups (broad SMARTS) is 1. The summed E-state index contributed by atoms with van der Waals surface area (Å²) in [7, 11) is 0. The molecule has 2 aromatic rings. The summed E-state index contributed by atoms with van der Waals surface area (Å²) in [4.78, 5) is 27.9. The maximum absolute atomic E-state index is 11.9. The topological polar surface area (TPSA) is 70.1 Å². The molecule has 1 saturated carbocycles. The third-order valence-electron chi connectivity index (χ3n) is 9.32. The molecule has 1 aliphatic carbocycles. The lowest BCUT2D eigenvalue weighted by Gasteiger charge is -2.49. The molecule has 6 heteroatoms. The number of likely N-dealkylation sites (tertiary alicyclic amines) is 1. The largest absolute Gasteiger partial charge is 0.478 e. The van der Waals surface area contributed by atoms with Crippen molar-refractivity contribution in [3.05, 3.63) is 65.7 Å². The second-order valence-electron chi connectivity index (χ2n) is 11.5. The van der Waals surface area contributed by atoms with Crippen molar-refractivity contribution in [1.29, 1.82) is 0 Å². The average Bonchev–Trinajstić information content (AvgIpc) is 3.34. The van der Waals surface area contributed by atoms with Gasteiger partial charge in [-0.25, -0.2) is 4.79 Å². The van der Waals surface area contributed by atoms with Gasteiger partial charge in [0.05, 0.1) is 5.56 Å². The fourth-order valence-corrected chi connectivity index (χ4v) is 7.31. The Labute approximate surface area is 220 Å². The first-order valence-electron chi connectivity index (χ1n) is 13.9. The van der Waals surface area contributed by atoms with E-state index in [2.05, 4.69) is 47.1 Å². The van der Waals surface area contributed by atoms with Crippen molar-refractivity contribution in [2.75, 3.05) is 37.6 Å². The molecule has 2 aromatic carbocycles. The van der Waals surface area contributed by atoms with E-state index in [1.807, 2.05) is 12.1 Å². The summed E-state index contributed by atoms with van der Waals surface area (Å²) in [6, 6.07) is 18.2. The number of esters is 1. The number of carbonyl (C=O) groups is 2. The second kappa shape index (κ2) is 10.9. The molecule has 1 N–H and O–H groups in total. The number of hydrogen-bond acceptors (Lipinski definition) is 5. The van der Waals surface area contributed by atoms with Gasteiger partial charge >= 0.3 is 11.9 Å². The van der Waals surface area contributed by atoms with Crippen LogP contribution in [0, 0.1) is 17.8 Å². The minimum absolute atomic E-state index is 0.000645. The first kappa shape index (κ1) is 25.8. The van der Waals surface area contributed by atoms with Gasteiger partial charge in [-0.2, -0.15) is 0 Å². The lowest BCUT2D eigenvalue weighted by atomic mass is 9.60. The molecule has 6 nitrogen and oxygen atoms in total. The van der Waals surface area contributed by atoms with Gasteiger partial charge in [-0.05, 0) is 80.9 Å². The molecule has 0 amide bonds. The Bertz CT molecular complexity index is 1070. The zero-order valence-electron chi connectivity index (χ0n) is 22.1. The maximum atomic E-state index is 11.9. The third kappa shape index (κ3) is 5.40. The van der Waals surface area contributed by atoms with Crippen LogP contribution in [-0.2, 0) is 14.9 Å². The number of aromatic carboxylic acids is 1. The SMILES string of the molecule is CC(=O)O[C@@H]1CCC[C@H]1C(C)(c1ccccc1)C1CCN(CC2CN(c3ccc(C(=O)O)cc3)C2)CC1. The number of ether oxygens (including phenoxy) is 1. The van der Waals surface area contributed by atoms with Gasteiger partial charge in [0, 0.05) is 49.5 Å². The molecule has 0 radical (unpaired) electrons. The van der Waals surface area contributed by atoms with Gasteiger partial charge in [0.25, 0.3) is 0 Å². The third-order valence-corrected chi connectivity index (χ3v) is 9.32. The quantitative estimate of drug-likeness (QED) is 0.497. The van der Waals surface area contributed by atoms with Crippen LogP contribution in [0.15, 0.2) is 54.6 Å². The predicted octanol–water partition coefficient (Wildman–Crippen LogP) is 5.22. The summed E-state index contributed by atoms with van der Waals surface area (Å²) in [6.07, 6.45) is 5.58. The molecule has 3 fully saturated rings. The van der Waals surface area contributed by atoms with E-state index >= 15 is 0 Å². The van der Waals surface area contributed by atoms with Crippen LogP contribution in [0.1, 0.15) is 61.9 Å². The summed E-state index contributed by atoms with van der Waals surface area (Å²) < 4.78 is 5.86. The Hall–Kier alpha value is -2.86. The molecular formula is C31H40N2O4. The fourth-order valence-electron chi connectivity index (χ4n) is 7.31. The van der Waals surface area contributed by atoms with Crippen molar-refractivity contribution in [3.63, 3.8) is 0 Å². The molecule has 3 atom stereocenters. The monoisotopic (exact) mass is 504 g/mol. The Kier molecular flexibility index (Phi) is 7.57. The van der Waals surface area contributed by atoms with E-state index in [4.69, 9.17) is 9.84 Å². The maximum Gasteiger partial charge on any atom is 0.335 e. The van der Waals surface area contributed by atoms with Crippen molar-refractivity contribution in [1.82, 2.24) is 4.90 Å². The molecule has 2 aliphatic heterocycles. The lowest BCUT2D eigenvalue weighted by molar-refractivity contribution is -0.150. The van der Waals surface area contributed by atoms with Gasteiger partial charge in [-0.15, -0.1) is 0 Å². The zero-order chi connectivity index (χ0) is 26.0. The van der Waals surface area contributed by atoms with Crippen molar-refractivity contribution < 1.29 is 19.4 Å². The van der Waals surface area contributed by atoms with Crippen LogP contribution in [0.2, 0.25) is 0 Å². The second-order valence-corrected chi connectivity index (χ2v) is 11.5. The fraction of sp³-hybridized carbons (Fsp3) is 0.548. The van der Waals surface area contributed by atoms with Gasteiger partial charge in [0.2, 0.25) is 0 Å². The molecule has 5 rings (SSSR count). The van der Waals surface area contributed by atoms with Crippen molar-refractivity contribution in [2.24, 2.45) is 17.8 Å². The molecule has 198 valence electrons. The van der Waals surface area contributed by atoms with E-state index in [1.165, 1.54) is 18.4 Å². The Balaban J connectivity index is 1.19. The highest BCUT2D eigenvalue weighted by molar-refractivity contribution is 5.88. The van der Waals surface area contributed by atoms with Crippen LogP contribution in [0.25, 0.3) is 0 Å². The zero-order valence-corrected chi connectivity index (χ0v) is 22.1. The molecule has 2 saturated heterocycles. The molecular weight excluding hydrogens is 464 g/mol. The van der Waals surface area contributed by atoms with Crippen LogP contribution >= 0.6 is 0 Å². The highest BCUT2D eigenvalue weighted by atomic mass is 16.5. The van der Waals surface area contributed by atoms with Crippen LogP contribution in [0.3, 0.4) is 0 Å². The van der Waals surface area contributed by atoms with Crippen LogP contribution < -0.4 is 4.90 Å². The number of nitrogens with zero attached hydrogens (tertiary/aromatic N) is 2. The summed E-state index contributed by atoms with van der Waals surface area (Å²) in [6.45, 7) is 9.39. The highest BCUT2D eigenvalue weighted by Crippen LogP contribution is 2.51. The van der Waals surface area contributed by atoms with E-state index in [9.17, 15) is 9.59 Å². The molecule has 0 spiro atoms. The normalized spacial score (nSPS) is 24.9. The van der Waals surface area contributed by atoms with E-state index in [0.29, 0.717) is 23.3 Å². The van der Waals surface area contributed by atoms with Gasteiger partial charge in [0.1, 0.15) is 6.10 Å². The van der Waals surface area contributed by atoms with Crippen molar-refractivity contribution in [2.45, 2.75) is 57.5 Å². The number of piperidine rings is 1. The molecule has 2 heterocycles. The van der Waals surface area contributed by atoms with Crippen LogP contribution in [0.5, 0.6) is 0 Å². The summed E-state index contributed by atoms with van der Waals surface area (Å²) in [5.74, 6) is 0.546. The van der Waals surface area contributed by atoms with E-state index in [-0.39, 0.29) is 17.5 Å². The molecule has 0 aromatic heterocycles.